The Morgan fingerprint density at radius 3 is 2.32 bits per heavy atom. The van der Waals surface area contributed by atoms with Gasteiger partial charge in [0.25, 0.3) is 5.91 Å². The third kappa shape index (κ3) is 3.65. The molecule has 0 aromatic heterocycles. The number of carbonyl (C=O) groups excluding carboxylic acids is 2. The number of nitrogens with zero attached hydrogens (tertiary/aromatic N) is 2. The number of amides is 2. The van der Waals surface area contributed by atoms with Crippen LogP contribution in [0.4, 0.5) is 10.1 Å². The maximum absolute atomic E-state index is 14.2. The number of carbonyl (C=O) groups is 2. The molecule has 1 aliphatic heterocycles. The minimum Gasteiger partial charge on any atom is -0.497 e. The van der Waals surface area contributed by atoms with E-state index in [-0.39, 0.29) is 24.0 Å². The van der Waals surface area contributed by atoms with Gasteiger partial charge in [0, 0.05) is 24.7 Å². The summed E-state index contributed by atoms with van der Waals surface area (Å²) in [6.07, 6.45) is 0. The molecule has 1 heterocycles. The van der Waals surface area contributed by atoms with Crippen LogP contribution in [0, 0.1) is 12.7 Å². The van der Waals surface area contributed by atoms with E-state index in [9.17, 15) is 14.0 Å². The molecule has 7 heteroatoms. The van der Waals surface area contributed by atoms with Gasteiger partial charge in [-0.15, -0.1) is 0 Å². The van der Waals surface area contributed by atoms with Gasteiger partial charge in [0.05, 0.1) is 19.9 Å². The minimum atomic E-state index is -0.724. The zero-order valence-corrected chi connectivity index (χ0v) is 16.4. The van der Waals surface area contributed by atoms with E-state index in [1.807, 2.05) is 6.92 Å². The van der Waals surface area contributed by atoms with Crippen molar-refractivity contribution in [2.24, 2.45) is 0 Å². The number of halogens is 1. The zero-order chi connectivity index (χ0) is 20.4. The summed E-state index contributed by atoms with van der Waals surface area (Å²) >= 11 is 0. The van der Waals surface area contributed by atoms with Gasteiger partial charge >= 0.3 is 0 Å². The van der Waals surface area contributed by atoms with Crippen molar-refractivity contribution in [1.82, 2.24) is 4.90 Å². The molecule has 0 spiro atoms. The van der Waals surface area contributed by atoms with Gasteiger partial charge in [0.1, 0.15) is 23.4 Å². The number of methoxy groups -OCH3 is 2. The van der Waals surface area contributed by atoms with Crippen LogP contribution in [-0.4, -0.2) is 50.1 Å². The SMILES string of the molecule is COc1cc(OC)cc(C(=O)N2CCN(c3cc(C)ccc3F)C(=O)C2C)c1. The fourth-order valence-corrected chi connectivity index (χ4v) is 3.31. The van der Waals surface area contributed by atoms with E-state index in [0.29, 0.717) is 23.6 Å². The molecule has 28 heavy (non-hydrogen) atoms. The van der Waals surface area contributed by atoms with Crippen LogP contribution in [0.1, 0.15) is 22.8 Å². The molecule has 2 aromatic carbocycles. The first kappa shape index (κ1) is 19.7. The maximum Gasteiger partial charge on any atom is 0.254 e. The topological polar surface area (TPSA) is 59.1 Å². The second-order valence-electron chi connectivity index (χ2n) is 6.72. The number of hydrogen-bond donors (Lipinski definition) is 0. The molecule has 148 valence electrons. The molecule has 0 N–H and O–H groups in total. The summed E-state index contributed by atoms with van der Waals surface area (Å²) in [6.45, 7) is 4.00. The largest absolute Gasteiger partial charge is 0.497 e. The Hall–Kier alpha value is -3.09. The highest BCUT2D eigenvalue weighted by Crippen LogP contribution is 2.27. The van der Waals surface area contributed by atoms with Crippen LogP contribution in [0.15, 0.2) is 36.4 Å². The summed E-state index contributed by atoms with van der Waals surface area (Å²) < 4.78 is 24.7. The van der Waals surface area contributed by atoms with Crippen LogP contribution in [0.5, 0.6) is 11.5 Å². The van der Waals surface area contributed by atoms with E-state index in [0.717, 1.165) is 5.56 Å². The quantitative estimate of drug-likeness (QED) is 0.811. The van der Waals surface area contributed by atoms with Crippen molar-refractivity contribution in [2.45, 2.75) is 19.9 Å². The minimum absolute atomic E-state index is 0.219. The summed E-state index contributed by atoms with van der Waals surface area (Å²) in [6, 6.07) is 8.81. The van der Waals surface area contributed by atoms with Crippen LogP contribution in [0.25, 0.3) is 0 Å². The third-order valence-electron chi connectivity index (χ3n) is 4.91. The number of benzene rings is 2. The highest BCUT2D eigenvalue weighted by atomic mass is 19.1. The molecule has 1 saturated heterocycles. The first-order chi connectivity index (χ1) is 13.3. The monoisotopic (exact) mass is 386 g/mol. The van der Waals surface area contributed by atoms with Crippen molar-refractivity contribution < 1.29 is 23.5 Å². The zero-order valence-electron chi connectivity index (χ0n) is 16.4. The average Bonchev–Trinajstić information content (AvgIpc) is 2.71. The molecule has 3 rings (SSSR count). The smallest absolute Gasteiger partial charge is 0.254 e. The lowest BCUT2D eigenvalue weighted by atomic mass is 10.1. The van der Waals surface area contributed by atoms with Gasteiger partial charge < -0.3 is 19.3 Å². The predicted molar refractivity (Wildman–Crippen MR) is 104 cm³/mol. The molecule has 0 aliphatic carbocycles. The van der Waals surface area contributed by atoms with Crippen molar-refractivity contribution in [3.8, 4) is 11.5 Å². The molecule has 1 unspecified atom stereocenters. The third-order valence-corrected chi connectivity index (χ3v) is 4.91. The lowest BCUT2D eigenvalue weighted by molar-refractivity contribution is -0.124. The number of aryl methyl sites for hydroxylation is 1. The van der Waals surface area contributed by atoms with Crippen molar-refractivity contribution in [3.63, 3.8) is 0 Å². The van der Waals surface area contributed by atoms with Crippen LogP contribution >= 0.6 is 0 Å². The lowest BCUT2D eigenvalue weighted by Gasteiger charge is -2.39. The molecule has 0 radical (unpaired) electrons. The van der Waals surface area contributed by atoms with Gasteiger partial charge in [-0.3, -0.25) is 9.59 Å². The Morgan fingerprint density at radius 2 is 1.71 bits per heavy atom. The first-order valence-electron chi connectivity index (χ1n) is 8.97. The van der Waals surface area contributed by atoms with Crippen LogP contribution in [0.2, 0.25) is 0 Å². The van der Waals surface area contributed by atoms with Gasteiger partial charge in [-0.05, 0) is 43.7 Å². The highest BCUT2D eigenvalue weighted by Gasteiger charge is 2.36. The van der Waals surface area contributed by atoms with Crippen molar-refractivity contribution >= 4 is 17.5 Å². The van der Waals surface area contributed by atoms with Crippen LogP contribution in [-0.2, 0) is 4.79 Å². The van der Waals surface area contributed by atoms with Crippen LogP contribution < -0.4 is 14.4 Å². The Labute approximate surface area is 163 Å². The summed E-state index contributed by atoms with van der Waals surface area (Å²) in [7, 11) is 3.01. The van der Waals surface area contributed by atoms with Crippen molar-refractivity contribution in [1.29, 1.82) is 0 Å². The molecular weight excluding hydrogens is 363 g/mol. The molecule has 0 saturated carbocycles. The second kappa shape index (κ2) is 7.88. The Kier molecular flexibility index (Phi) is 5.53. The second-order valence-corrected chi connectivity index (χ2v) is 6.72. The summed E-state index contributed by atoms with van der Waals surface area (Å²) in [5.74, 6) is -0.103. The molecule has 1 atom stereocenters. The summed E-state index contributed by atoms with van der Waals surface area (Å²) in [5, 5.41) is 0. The van der Waals surface area contributed by atoms with E-state index in [1.165, 1.54) is 30.1 Å². The number of hydrogen-bond acceptors (Lipinski definition) is 4. The maximum atomic E-state index is 14.2. The number of rotatable bonds is 4. The predicted octanol–water partition coefficient (Wildman–Crippen LogP) is 3.03. The molecule has 1 fully saturated rings. The molecule has 6 nitrogen and oxygen atoms in total. The molecule has 2 aromatic rings. The fraction of sp³-hybridized carbons (Fsp3) is 0.333. The standard InChI is InChI=1S/C21H23FN2O4/c1-13-5-6-18(22)19(9-13)24-8-7-23(14(2)20(24)25)21(26)15-10-16(27-3)12-17(11-15)28-4/h5-6,9-12,14H,7-8H2,1-4H3. The normalized spacial score (nSPS) is 16.9. The number of anilines is 1. The average molecular weight is 386 g/mol. The van der Waals surface area contributed by atoms with E-state index < -0.39 is 11.9 Å². The Bertz CT molecular complexity index is 893. The van der Waals surface area contributed by atoms with Gasteiger partial charge in [-0.2, -0.15) is 0 Å². The Morgan fingerprint density at radius 1 is 1.07 bits per heavy atom. The van der Waals surface area contributed by atoms with E-state index in [4.69, 9.17) is 9.47 Å². The molecular formula is C21H23FN2O4. The fourth-order valence-electron chi connectivity index (χ4n) is 3.31. The van der Waals surface area contributed by atoms with E-state index in [2.05, 4.69) is 0 Å². The van der Waals surface area contributed by atoms with E-state index >= 15 is 0 Å². The van der Waals surface area contributed by atoms with Gasteiger partial charge in [0.2, 0.25) is 5.91 Å². The summed E-state index contributed by atoms with van der Waals surface area (Å²) in [4.78, 5) is 28.8. The van der Waals surface area contributed by atoms with Gasteiger partial charge in [0.15, 0.2) is 0 Å². The lowest BCUT2D eigenvalue weighted by Crippen LogP contribution is -2.58. The molecule has 1 aliphatic rings. The van der Waals surface area contributed by atoms with Gasteiger partial charge in [-0.25, -0.2) is 4.39 Å². The van der Waals surface area contributed by atoms with E-state index in [1.54, 1.807) is 37.3 Å². The molecule has 2 amide bonds. The first-order valence-corrected chi connectivity index (χ1v) is 8.97. The van der Waals surface area contributed by atoms with Crippen molar-refractivity contribution in [3.05, 3.63) is 53.3 Å². The molecule has 0 bridgehead atoms. The van der Waals surface area contributed by atoms with Gasteiger partial charge in [-0.1, -0.05) is 6.07 Å². The Balaban J connectivity index is 1.86. The number of ether oxygens (including phenoxy) is 2. The van der Waals surface area contributed by atoms with Crippen LogP contribution in [0.3, 0.4) is 0 Å². The number of piperazine rings is 1. The highest BCUT2D eigenvalue weighted by molar-refractivity contribution is 6.03. The van der Waals surface area contributed by atoms with Crippen molar-refractivity contribution in [2.75, 3.05) is 32.2 Å². The summed E-state index contributed by atoms with van der Waals surface area (Å²) in [5.41, 5.74) is 1.47.